The average molecular weight is 319 g/mol. The quantitative estimate of drug-likeness (QED) is 0.914. The van der Waals surface area contributed by atoms with Crippen LogP contribution in [0.15, 0.2) is 18.2 Å². The first-order valence-corrected chi connectivity index (χ1v) is 7.91. The summed E-state index contributed by atoms with van der Waals surface area (Å²) in [5.74, 6) is -3.77. The number of rotatable bonds is 4. The molecule has 1 saturated heterocycles. The molecule has 1 aliphatic rings. The fourth-order valence-electron chi connectivity index (χ4n) is 2.27. The third kappa shape index (κ3) is 3.06. The number of nitrogens with zero attached hydrogens (tertiary/aromatic N) is 1. The van der Waals surface area contributed by atoms with E-state index in [2.05, 4.69) is 0 Å². The maximum absolute atomic E-state index is 13.5. The Kier molecular flexibility index (Phi) is 4.03. The smallest absolute Gasteiger partial charge is 0.310 e. The molecule has 1 aromatic rings. The van der Waals surface area contributed by atoms with E-state index in [1.165, 1.54) is 6.92 Å². The van der Waals surface area contributed by atoms with E-state index < -0.39 is 44.4 Å². The van der Waals surface area contributed by atoms with Crippen molar-refractivity contribution < 1.29 is 27.1 Å². The second-order valence-electron chi connectivity index (χ2n) is 5.41. The van der Waals surface area contributed by atoms with Gasteiger partial charge in [-0.05, 0) is 25.5 Å². The normalized spacial score (nSPS) is 23.4. The van der Waals surface area contributed by atoms with Gasteiger partial charge in [-0.1, -0.05) is 6.07 Å². The minimum Gasteiger partial charge on any atom is -0.481 e. The topological polar surface area (TPSA) is 74.7 Å². The molecule has 116 valence electrons. The van der Waals surface area contributed by atoms with Crippen molar-refractivity contribution in [3.63, 3.8) is 0 Å². The molecule has 0 bridgehead atoms. The molecular formula is C13H15F2NO4S. The molecule has 0 spiro atoms. The van der Waals surface area contributed by atoms with Crippen LogP contribution in [0.5, 0.6) is 0 Å². The third-order valence-corrected chi connectivity index (χ3v) is 5.49. The second kappa shape index (κ2) is 5.34. The van der Waals surface area contributed by atoms with Gasteiger partial charge in [0, 0.05) is 18.7 Å². The molecule has 8 heteroatoms. The minimum absolute atomic E-state index is 0.0290. The van der Waals surface area contributed by atoms with Crippen LogP contribution in [0.25, 0.3) is 0 Å². The molecule has 0 saturated carbocycles. The second-order valence-corrected chi connectivity index (χ2v) is 7.37. The van der Waals surface area contributed by atoms with E-state index in [0.29, 0.717) is 0 Å². The number of sulfonamides is 1. The molecule has 0 aliphatic carbocycles. The van der Waals surface area contributed by atoms with Crippen molar-refractivity contribution >= 4 is 16.0 Å². The van der Waals surface area contributed by atoms with Gasteiger partial charge in [0.05, 0.1) is 11.2 Å². The van der Waals surface area contributed by atoms with Gasteiger partial charge >= 0.3 is 5.97 Å². The lowest BCUT2D eigenvalue weighted by atomic mass is 9.90. The van der Waals surface area contributed by atoms with Crippen LogP contribution in [0.1, 0.15) is 18.9 Å². The summed E-state index contributed by atoms with van der Waals surface area (Å²) in [6, 6.07) is 3.12. The monoisotopic (exact) mass is 319 g/mol. The van der Waals surface area contributed by atoms with E-state index in [0.717, 1.165) is 22.5 Å². The van der Waals surface area contributed by atoms with Gasteiger partial charge in [0.25, 0.3) is 0 Å². The number of benzene rings is 1. The van der Waals surface area contributed by atoms with Crippen molar-refractivity contribution in [1.29, 1.82) is 0 Å². The van der Waals surface area contributed by atoms with Gasteiger partial charge in [0.15, 0.2) is 0 Å². The molecule has 1 aliphatic heterocycles. The lowest BCUT2D eigenvalue weighted by molar-refractivity contribution is -0.146. The summed E-state index contributed by atoms with van der Waals surface area (Å²) in [4.78, 5) is 11.1. The fraction of sp³-hybridized carbons (Fsp3) is 0.462. The summed E-state index contributed by atoms with van der Waals surface area (Å²) in [5.41, 5.74) is -1.69. The molecular weight excluding hydrogens is 304 g/mol. The Morgan fingerprint density at radius 3 is 2.43 bits per heavy atom. The van der Waals surface area contributed by atoms with Crippen LogP contribution in [0.3, 0.4) is 0 Å². The highest BCUT2D eigenvalue weighted by molar-refractivity contribution is 7.88. The Balaban J connectivity index is 2.23. The summed E-state index contributed by atoms with van der Waals surface area (Å²) in [6.07, 6.45) is 0.168. The molecule has 1 N–H and O–H groups in total. The van der Waals surface area contributed by atoms with Crippen LogP contribution in [0, 0.1) is 17.0 Å². The van der Waals surface area contributed by atoms with Crippen molar-refractivity contribution in [2.24, 2.45) is 5.41 Å². The molecule has 1 fully saturated rings. The zero-order valence-electron chi connectivity index (χ0n) is 11.3. The summed E-state index contributed by atoms with van der Waals surface area (Å²) < 4.78 is 52.5. The summed E-state index contributed by atoms with van der Waals surface area (Å²) >= 11 is 0. The Morgan fingerprint density at radius 2 is 1.95 bits per heavy atom. The first-order valence-electron chi connectivity index (χ1n) is 6.30. The summed E-state index contributed by atoms with van der Waals surface area (Å²) in [7, 11) is -3.97. The van der Waals surface area contributed by atoms with Crippen molar-refractivity contribution in [2.45, 2.75) is 19.1 Å². The predicted molar refractivity (Wildman–Crippen MR) is 70.9 cm³/mol. The Morgan fingerprint density at radius 1 is 1.38 bits per heavy atom. The standard InChI is InChI=1S/C13H15F2NO4S/c1-13(12(17)18)5-6-16(8-13)21(19,20)7-9-10(14)3-2-4-11(9)15/h2-4H,5-8H2,1H3,(H,17,18)/t13-/m0/s1. The van der Waals surface area contributed by atoms with Crippen molar-refractivity contribution in [2.75, 3.05) is 13.1 Å². The highest BCUT2D eigenvalue weighted by Crippen LogP contribution is 2.33. The highest BCUT2D eigenvalue weighted by atomic mass is 32.2. The zero-order chi connectivity index (χ0) is 15.8. The molecule has 1 aromatic carbocycles. The van der Waals surface area contributed by atoms with E-state index in [1.807, 2.05) is 0 Å². The predicted octanol–water partition coefficient (Wildman–Crippen LogP) is 1.59. The summed E-state index contributed by atoms with van der Waals surface area (Å²) in [6.45, 7) is 1.29. The van der Waals surface area contributed by atoms with Crippen LogP contribution < -0.4 is 0 Å². The first kappa shape index (κ1) is 15.8. The maximum Gasteiger partial charge on any atom is 0.310 e. The first-order chi connectivity index (χ1) is 9.66. The molecule has 0 amide bonds. The molecule has 0 aromatic heterocycles. The van der Waals surface area contributed by atoms with Crippen molar-refractivity contribution in [1.82, 2.24) is 4.31 Å². The van der Waals surface area contributed by atoms with E-state index in [-0.39, 0.29) is 19.5 Å². The Hall–Kier alpha value is -1.54. The fourth-order valence-corrected chi connectivity index (χ4v) is 3.95. The van der Waals surface area contributed by atoms with Gasteiger partial charge in [0.2, 0.25) is 10.0 Å². The van der Waals surface area contributed by atoms with Crippen LogP contribution >= 0.6 is 0 Å². The largest absolute Gasteiger partial charge is 0.481 e. The van der Waals surface area contributed by atoms with Gasteiger partial charge in [0.1, 0.15) is 11.6 Å². The van der Waals surface area contributed by atoms with Gasteiger partial charge in [-0.2, -0.15) is 0 Å². The van der Waals surface area contributed by atoms with E-state index >= 15 is 0 Å². The molecule has 5 nitrogen and oxygen atoms in total. The maximum atomic E-state index is 13.5. The highest BCUT2D eigenvalue weighted by Gasteiger charge is 2.44. The number of hydrogen-bond acceptors (Lipinski definition) is 3. The number of halogens is 2. The van der Waals surface area contributed by atoms with Crippen LogP contribution in [0.4, 0.5) is 8.78 Å². The van der Waals surface area contributed by atoms with Gasteiger partial charge in [-0.25, -0.2) is 21.5 Å². The number of hydrogen-bond donors (Lipinski definition) is 1. The molecule has 1 atom stereocenters. The third-order valence-electron chi connectivity index (χ3n) is 3.74. The lowest BCUT2D eigenvalue weighted by Gasteiger charge is -2.20. The molecule has 1 heterocycles. The van der Waals surface area contributed by atoms with Gasteiger partial charge in [-0.3, -0.25) is 4.79 Å². The molecule has 0 unspecified atom stereocenters. The minimum atomic E-state index is -3.97. The van der Waals surface area contributed by atoms with Crippen LogP contribution in [0.2, 0.25) is 0 Å². The number of carboxylic acid groups (broad SMARTS) is 1. The molecule has 21 heavy (non-hydrogen) atoms. The summed E-state index contributed by atoms with van der Waals surface area (Å²) in [5, 5.41) is 9.09. The molecule has 2 rings (SSSR count). The number of carbonyl (C=O) groups is 1. The van der Waals surface area contributed by atoms with Crippen molar-refractivity contribution in [3.8, 4) is 0 Å². The van der Waals surface area contributed by atoms with Crippen molar-refractivity contribution in [3.05, 3.63) is 35.4 Å². The Labute approximate surface area is 121 Å². The zero-order valence-corrected chi connectivity index (χ0v) is 12.2. The van der Waals surface area contributed by atoms with Crippen LogP contribution in [-0.4, -0.2) is 36.9 Å². The van der Waals surface area contributed by atoms with Crippen LogP contribution in [-0.2, 0) is 20.6 Å². The average Bonchev–Trinajstić information content (AvgIpc) is 2.79. The van der Waals surface area contributed by atoms with Gasteiger partial charge in [-0.15, -0.1) is 0 Å². The lowest BCUT2D eigenvalue weighted by Crippen LogP contribution is -2.35. The number of aliphatic carboxylic acids is 1. The van der Waals surface area contributed by atoms with E-state index in [4.69, 9.17) is 5.11 Å². The Bertz CT molecular complexity index is 656. The van der Waals surface area contributed by atoms with Gasteiger partial charge < -0.3 is 5.11 Å². The van der Waals surface area contributed by atoms with E-state index in [1.54, 1.807) is 0 Å². The molecule has 0 radical (unpaired) electrons. The van der Waals surface area contributed by atoms with E-state index in [9.17, 15) is 22.0 Å². The number of carboxylic acids is 1. The SMILES string of the molecule is C[C@]1(C(=O)O)CCN(S(=O)(=O)Cc2c(F)cccc2F)C1.